The quantitative estimate of drug-likeness (QED) is 0.539. The molecule has 0 atom stereocenters. The monoisotopic (exact) mass is 456 g/mol. The maximum atomic E-state index is 13.4. The zero-order chi connectivity index (χ0) is 22.8. The minimum atomic E-state index is -3.99. The molecule has 1 N–H and O–H groups in total. The van der Waals surface area contributed by atoms with Crippen molar-refractivity contribution in [3.8, 4) is 0 Å². The summed E-state index contributed by atoms with van der Waals surface area (Å²) in [6.07, 6.45) is 0. The number of nitrogens with one attached hydrogen (secondary N) is 1. The lowest BCUT2D eigenvalue weighted by Gasteiger charge is -2.24. The highest BCUT2D eigenvalue weighted by Gasteiger charge is 2.27. The van der Waals surface area contributed by atoms with Crippen LogP contribution in [0.3, 0.4) is 0 Å². The van der Waals surface area contributed by atoms with Crippen molar-refractivity contribution in [2.75, 3.05) is 16.2 Å². The van der Waals surface area contributed by atoms with Crippen LogP contribution in [0, 0.1) is 27.7 Å². The van der Waals surface area contributed by atoms with Crippen molar-refractivity contribution in [1.82, 2.24) is 0 Å². The summed E-state index contributed by atoms with van der Waals surface area (Å²) in [5, 5.41) is 3.23. The largest absolute Gasteiger partial charge is 0.324 e. The first-order chi connectivity index (χ1) is 14.6. The lowest BCUT2D eigenvalue weighted by atomic mass is 10.1. The predicted octanol–water partition coefficient (Wildman–Crippen LogP) is 5.41. The number of hydrogen-bond acceptors (Lipinski definition) is 3. The average molecular weight is 457 g/mol. The summed E-state index contributed by atoms with van der Waals surface area (Å²) in [7, 11) is -3.99. The van der Waals surface area contributed by atoms with Crippen molar-refractivity contribution < 1.29 is 13.2 Å². The summed E-state index contributed by atoms with van der Waals surface area (Å²) in [4.78, 5) is 13.0. The molecule has 0 aliphatic heterocycles. The van der Waals surface area contributed by atoms with Crippen LogP contribution in [0.4, 0.5) is 11.4 Å². The van der Waals surface area contributed by atoms with Gasteiger partial charge in [0.1, 0.15) is 6.54 Å². The Kier molecular flexibility index (Phi) is 6.72. The molecule has 0 aliphatic rings. The first-order valence-corrected chi connectivity index (χ1v) is 11.6. The average Bonchev–Trinajstić information content (AvgIpc) is 2.68. The fourth-order valence-electron chi connectivity index (χ4n) is 3.27. The molecule has 1 amide bonds. The van der Waals surface area contributed by atoms with E-state index in [1.807, 2.05) is 45.9 Å². The maximum absolute atomic E-state index is 13.4. The van der Waals surface area contributed by atoms with E-state index in [1.165, 1.54) is 12.1 Å². The Bertz CT molecular complexity index is 1200. The van der Waals surface area contributed by atoms with Gasteiger partial charge < -0.3 is 5.32 Å². The molecule has 0 fully saturated rings. The molecule has 0 aliphatic carbocycles. The second kappa shape index (κ2) is 9.12. The van der Waals surface area contributed by atoms with Gasteiger partial charge in [-0.2, -0.15) is 0 Å². The summed E-state index contributed by atoms with van der Waals surface area (Å²) in [6.45, 7) is 7.20. The van der Waals surface area contributed by atoms with Crippen molar-refractivity contribution in [3.63, 3.8) is 0 Å². The molecule has 0 bridgehead atoms. The number of carbonyl (C=O) groups is 1. The number of aryl methyl sites for hydroxylation is 4. The Balaban J connectivity index is 1.98. The van der Waals surface area contributed by atoms with Crippen molar-refractivity contribution in [2.24, 2.45) is 0 Å². The van der Waals surface area contributed by atoms with Crippen molar-refractivity contribution >= 4 is 38.9 Å². The lowest BCUT2D eigenvalue weighted by Crippen LogP contribution is -2.38. The first kappa shape index (κ1) is 22.8. The highest BCUT2D eigenvalue weighted by Crippen LogP contribution is 2.28. The normalized spacial score (nSPS) is 11.3. The topological polar surface area (TPSA) is 66.5 Å². The molecule has 3 rings (SSSR count). The Hall–Kier alpha value is -2.83. The second-order valence-electron chi connectivity index (χ2n) is 7.68. The molecule has 5 nitrogen and oxygen atoms in total. The van der Waals surface area contributed by atoms with Crippen LogP contribution in [0.25, 0.3) is 0 Å². The Morgan fingerprint density at radius 2 is 1.48 bits per heavy atom. The zero-order valence-corrected chi connectivity index (χ0v) is 19.5. The second-order valence-corrected chi connectivity index (χ2v) is 9.95. The molecule has 3 aromatic carbocycles. The fourth-order valence-corrected chi connectivity index (χ4v) is 4.85. The van der Waals surface area contributed by atoms with Gasteiger partial charge in [0.05, 0.1) is 10.6 Å². The third-order valence-electron chi connectivity index (χ3n) is 4.85. The van der Waals surface area contributed by atoms with Gasteiger partial charge in [-0.25, -0.2) is 8.42 Å². The predicted molar refractivity (Wildman–Crippen MR) is 126 cm³/mol. The lowest BCUT2D eigenvalue weighted by molar-refractivity contribution is -0.114. The van der Waals surface area contributed by atoms with Crippen LogP contribution in [0.2, 0.25) is 5.02 Å². The summed E-state index contributed by atoms with van der Waals surface area (Å²) >= 11 is 6.25. The zero-order valence-electron chi connectivity index (χ0n) is 17.9. The molecule has 0 radical (unpaired) electrons. The first-order valence-electron chi connectivity index (χ1n) is 9.80. The van der Waals surface area contributed by atoms with Gasteiger partial charge in [0, 0.05) is 10.7 Å². The molecule has 0 saturated heterocycles. The summed E-state index contributed by atoms with van der Waals surface area (Å²) in [5.41, 5.74) is 4.72. The van der Waals surface area contributed by atoms with Gasteiger partial charge in [0.25, 0.3) is 10.0 Å². The number of amides is 1. The fraction of sp³-hybridized carbons (Fsp3) is 0.208. The van der Waals surface area contributed by atoms with Crippen LogP contribution in [0.15, 0.2) is 65.6 Å². The van der Waals surface area contributed by atoms with E-state index in [0.29, 0.717) is 16.4 Å². The van der Waals surface area contributed by atoms with Crippen molar-refractivity contribution in [2.45, 2.75) is 32.6 Å². The van der Waals surface area contributed by atoms with Gasteiger partial charge in [0.15, 0.2) is 0 Å². The molecule has 31 heavy (non-hydrogen) atoms. The van der Waals surface area contributed by atoms with E-state index in [1.54, 1.807) is 30.3 Å². The number of carbonyl (C=O) groups excluding carboxylic acids is 1. The molecule has 0 unspecified atom stereocenters. The summed E-state index contributed by atoms with van der Waals surface area (Å²) in [6, 6.07) is 17.1. The minimum absolute atomic E-state index is 0.106. The number of hydrogen-bond donors (Lipinski definition) is 1. The molecule has 0 heterocycles. The molecule has 7 heteroatoms. The van der Waals surface area contributed by atoms with Gasteiger partial charge in [-0.3, -0.25) is 9.10 Å². The number of nitrogens with zero attached hydrogens (tertiary/aromatic N) is 1. The smallest absolute Gasteiger partial charge is 0.264 e. The van der Waals surface area contributed by atoms with Crippen molar-refractivity contribution in [3.05, 3.63) is 87.9 Å². The van der Waals surface area contributed by atoms with Crippen LogP contribution in [0.1, 0.15) is 22.3 Å². The summed E-state index contributed by atoms with van der Waals surface area (Å²) in [5.74, 6) is -0.447. The van der Waals surface area contributed by atoms with E-state index in [2.05, 4.69) is 5.32 Å². The minimum Gasteiger partial charge on any atom is -0.324 e. The third kappa shape index (κ3) is 5.46. The summed E-state index contributed by atoms with van der Waals surface area (Å²) < 4.78 is 28.0. The van der Waals surface area contributed by atoms with E-state index in [-0.39, 0.29) is 11.4 Å². The van der Waals surface area contributed by atoms with E-state index in [9.17, 15) is 13.2 Å². The van der Waals surface area contributed by atoms with E-state index in [4.69, 9.17) is 11.6 Å². The Morgan fingerprint density at radius 3 is 2.06 bits per heavy atom. The van der Waals surface area contributed by atoms with Crippen molar-refractivity contribution in [1.29, 1.82) is 0 Å². The van der Waals surface area contributed by atoms with Gasteiger partial charge in [-0.05, 0) is 80.8 Å². The third-order valence-corrected chi connectivity index (χ3v) is 7.04. The molecular weight excluding hydrogens is 432 g/mol. The molecule has 0 saturated carbocycles. The van der Waals surface area contributed by atoms with E-state index >= 15 is 0 Å². The Morgan fingerprint density at radius 1 is 0.871 bits per heavy atom. The molecule has 162 valence electrons. The number of sulfonamides is 1. The standard InChI is InChI=1S/C24H25ClN2O3S/c1-16-5-9-22(10-6-16)31(29,30)27(21-8-7-19(4)23(25)14-21)15-24(28)26-20-12-17(2)11-18(3)13-20/h5-14H,15H2,1-4H3,(H,26,28). The van der Waals surface area contributed by atoms with E-state index in [0.717, 1.165) is 26.6 Å². The van der Waals surface area contributed by atoms with Crippen LogP contribution in [-0.2, 0) is 14.8 Å². The molecule has 3 aromatic rings. The number of benzene rings is 3. The molecular formula is C24H25ClN2O3S. The van der Waals surface area contributed by atoms with Gasteiger partial charge in [0.2, 0.25) is 5.91 Å². The van der Waals surface area contributed by atoms with Gasteiger partial charge in [-0.1, -0.05) is 41.4 Å². The number of anilines is 2. The number of rotatable bonds is 6. The van der Waals surface area contributed by atoms with Gasteiger partial charge in [-0.15, -0.1) is 0 Å². The maximum Gasteiger partial charge on any atom is 0.264 e. The highest BCUT2D eigenvalue weighted by molar-refractivity contribution is 7.92. The van der Waals surface area contributed by atoms with Crippen LogP contribution in [0.5, 0.6) is 0 Å². The molecule has 0 spiro atoms. The van der Waals surface area contributed by atoms with E-state index < -0.39 is 15.9 Å². The SMILES string of the molecule is Cc1ccc(S(=O)(=O)N(CC(=O)Nc2cc(C)cc(C)c2)c2ccc(C)c(Cl)c2)cc1. The molecule has 0 aromatic heterocycles. The van der Waals surface area contributed by atoms with Crippen LogP contribution < -0.4 is 9.62 Å². The highest BCUT2D eigenvalue weighted by atomic mass is 35.5. The van der Waals surface area contributed by atoms with Crippen LogP contribution in [-0.4, -0.2) is 20.9 Å². The van der Waals surface area contributed by atoms with Crippen LogP contribution >= 0.6 is 11.6 Å². The number of halogens is 1. The Labute approximate surface area is 188 Å². The van der Waals surface area contributed by atoms with Gasteiger partial charge >= 0.3 is 0 Å².